The largest absolute Gasteiger partial charge is 0.356 e. The van der Waals surface area contributed by atoms with E-state index in [4.69, 9.17) is 10.8 Å². The third-order valence-corrected chi connectivity index (χ3v) is 5.47. The van der Waals surface area contributed by atoms with Crippen molar-refractivity contribution in [3.8, 4) is 0 Å². The Kier molecular flexibility index (Phi) is 4.02. The number of hydrogen-bond acceptors (Lipinski definition) is 5. The van der Waals surface area contributed by atoms with Crippen LogP contribution in [0.3, 0.4) is 0 Å². The average molecular weight is 289 g/mol. The van der Waals surface area contributed by atoms with Gasteiger partial charge < -0.3 is 10.3 Å². The molecule has 1 saturated carbocycles. The number of nitrogens with two attached hydrogens (primary N) is 1. The maximum absolute atomic E-state index is 5.57. The average Bonchev–Trinajstić information content (AvgIpc) is 3.39. The fraction of sp³-hybridized carbons (Fsp3) is 0.750. The zero-order valence-electron chi connectivity index (χ0n) is 13.2. The molecule has 0 atom stereocenters. The van der Waals surface area contributed by atoms with Crippen molar-refractivity contribution >= 4 is 11.6 Å². The van der Waals surface area contributed by atoms with Gasteiger partial charge in [-0.25, -0.2) is 15.8 Å². The molecule has 2 heterocycles. The minimum absolute atomic E-state index is 0.539. The van der Waals surface area contributed by atoms with Crippen molar-refractivity contribution in [1.82, 2.24) is 9.97 Å². The number of piperidine rings is 1. The van der Waals surface area contributed by atoms with Crippen molar-refractivity contribution in [2.75, 3.05) is 23.4 Å². The summed E-state index contributed by atoms with van der Waals surface area (Å²) < 4.78 is 0. The van der Waals surface area contributed by atoms with Crippen LogP contribution >= 0.6 is 0 Å². The third-order valence-electron chi connectivity index (χ3n) is 5.47. The molecule has 1 aromatic rings. The maximum Gasteiger partial charge on any atom is 0.145 e. The molecule has 0 bridgehead atoms. The van der Waals surface area contributed by atoms with Gasteiger partial charge in [-0.1, -0.05) is 26.7 Å². The molecule has 0 aromatic carbocycles. The van der Waals surface area contributed by atoms with E-state index in [2.05, 4.69) is 29.2 Å². The molecule has 0 spiro atoms. The van der Waals surface area contributed by atoms with Gasteiger partial charge in [-0.2, -0.15) is 0 Å². The van der Waals surface area contributed by atoms with Gasteiger partial charge in [0.25, 0.3) is 0 Å². The molecule has 0 unspecified atom stereocenters. The van der Waals surface area contributed by atoms with Gasteiger partial charge in [0.05, 0.1) is 0 Å². The third kappa shape index (κ3) is 2.98. The van der Waals surface area contributed by atoms with Crippen LogP contribution in [0.15, 0.2) is 6.07 Å². The molecule has 116 valence electrons. The fourth-order valence-corrected chi connectivity index (χ4v) is 3.38. The molecule has 1 aliphatic heterocycles. The SMILES string of the molecule is CCC1(CC)CCN(c2cc(NN)nc(C3CC3)n2)CC1. The van der Waals surface area contributed by atoms with Gasteiger partial charge >= 0.3 is 0 Å². The number of nitrogens with one attached hydrogen (secondary N) is 1. The minimum Gasteiger partial charge on any atom is -0.356 e. The molecule has 1 aliphatic carbocycles. The van der Waals surface area contributed by atoms with Crippen LogP contribution in [0.4, 0.5) is 11.6 Å². The molecule has 5 heteroatoms. The summed E-state index contributed by atoms with van der Waals surface area (Å²) in [5.74, 6) is 8.86. The van der Waals surface area contributed by atoms with Crippen molar-refractivity contribution in [3.63, 3.8) is 0 Å². The standard InChI is InChI=1S/C16H27N5/c1-3-16(4-2)7-9-21(10-8-16)14-11-13(20-17)18-15(19-14)12-5-6-12/h11-12H,3-10,17H2,1-2H3,(H,18,19,20). The minimum atomic E-state index is 0.539. The second kappa shape index (κ2) is 5.79. The van der Waals surface area contributed by atoms with E-state index in [-0.39, 0.29) is 0 Å². The van der Waals surface area contributed by atoms with Crippen molar-refractivity contribution in [2.45, 2.75) is 58.3 Å². The molecule has 3 N–H and O–H groups in total. The van der Waals surface area contributed by atoms with Crippen molar-refractivity contribution < 1.29 is 0 Å². The Hall–Kier alpha value is -1.36. The summed E-state index contributed by atoms with van der Waals surface area (Å²) in [6.45, 7) is 6.83. The normalized spacial score (nSPS) is 21.4. The number of anilines is 2. The number of aromatic nitrogens is 2. The van der Waals surface area contributed by atoms with Gasteiger partial charge in [0, 0.05) is 25.1 Å². The van der Waals surface area contributed by atoms with Crippen LogP contribution in [0, 0.1) is 5.41 Å². The zero-order valence-corrected chi connectivity index (χ0v) is 13.2. The molecule has 2 fully saturated rings. The summed E-state index contributed by atoms with van der Waals surface area (Å²) in [7, 11) is 0. The van der Waals surface area contributed by atoms with Gasteiger partial charge in [0.15, 0.2) is 0 Å². The summed E-state index contributed by atoms with van der Waals surface area (Å²) in [5, 5.41) is 0. The van der Waals surface area contributed by atoms with Gasteiger partial charge in [-0.15, -0.1) is 0 Å². The fourth-order valence-electron chi connectivity index (χ4n) is 3.38. The van der Waals surface area contributed by atoms with Crippen LogP contribution in [-0.4, -0.2) is 23.1 Å². The highest BCUT2D eigenvalue weighted by Crippen LogP contribution is 2.41. The maximum atomic E-state index is 5.57. The Balaban J connectivity index is 1.77. The number of nitrogen functional groups attached to an aromatic ring is 1. The molecular weight excluding hydrogens is 262 g/mol. The second-order valence-electron chi connectivity index (χ2n) is 6.58. The van der Waals surface area contributed by atoms with Crippen molar-refractivity contribution in [2.24, 2.45) is 11.3 Å². The Bertz CT molecular complexity index is 483. The first-order valence-corrected chi connectivity index (χ1v) is 8.30. The summed E-state index contributed by atoms with van der Waals surface area (Å²) in [5.41, 5.74) is 3.23. The molecule has 0 amide bonds. The Morgan fingerprint density at radius 1 is 1.24 bits per heavy atom. The summed E-state index contributed by atoms with van der Waals surface area (Å²) in [4.78, 5) is 11.7. The number of nitrogens with zero attached hydrogens (tertiary/aromatic N) is 3. The lowest BCUT2D eigenvalue weighted by Gasteiger charge is -2.41. The number of hydrogen-bond donors (Lipinski definition) is 2. The first kappa shape index (κ1) is 14.6. The van der Waals surface area contributed by atoms with E-state index in [0.29, 0.717) is 11.3 Å². The van der Waals surface area contributed by atoms with E-state index in [1.165, 1.54) is 38.5 Å². The smallest absolute Gasteiger partial charge is 0.145 e. The second-order valence-corrected chi connectivity index (χ2v) is 6.58. The van der Waals surface area contributed by atoms with Crippen LogP contribution in [-0.2, 0) is 0 Å². The van der Waals surface area contributed by atoms with Crippen LogP contribution < -0.4 is 16.2 Å². The molecular formula is C16H27N5. The predicted octanol–water partition coefficient (Wildman–Crippen LogP) is 3.05. The van der Waals surface area contributed by atoms with Crippen LogP contribution in [0.5, 0.6) is 0 Å². The molecule has 1 aromatic heterocycles. The number of rotatable bonds is 5. The lowest BCUT2D eigenvalue weighted by molar-refractivity contribution is 0.199. The molecule has 2 aliphatic rings. The zero-order chi connectivity index (χ0) is 14.9. The van der Waals surface area contributed by atoms with E-state index >= 15 is 0 Å². The summed E-state index contributed by atoms with van der Waals surface area (Å²) in [6.07, 6.45) is 7.50. The molecule has 3 rings (SSSR count). The molecule has 5 nitrogen and oxygen atoms in total. The highest BCUT2D eigenvalue weighted by atomic mass is 15.3. The Labute approximate surface area is 127 Å². The van der Waals surface area contributed by atoms with Crippen LogP contribution in [0.25, 0.3) is 0 Å². The predicted molar refractivity (Wildman–Crippen MR) is 86.3 cm³/mol. The quantitative estimate of drug-likeness (QED) is 0.644. The summed E-state index contributed by atoms with van der Waals surface area (Å²) in [6, 6.07) is 1.98. The van der Waals surface area contributed by atoms with Gasteiger partial charge in [0.2, 0.25) is 0 Å². The lowest BCUT2D eigenvalue weighted by Crippen LogP contribution is -2.40. The topological polar surface area (TPSA) is 67.1 Å². The summed E-state index contributed by atoms with van der Waals surface area (Å²) >= 11 is 0. The molecule has 0 radical (unpaired) electrons. The van der Waals surface area contributed by atoms with E-state index in [1.54, 1.807) is 0 Å². The first-order chi connectivity index (χ1) is 10.2. The van der Waals surface area contributed by atoms with E-state index in [0.717, 1.165) is 30.5 Å². The van der Waals surface area contributed by atoms with Gasteiger partial charge in [0.1, 0.15) is 17.5 Å². The van der Waals surface area contributed by atoms with E-state index < -0.39 is 0 Å². The van der Waals surface area contributed by atoms with Gasteiger partial charge in [-0.3, -0.25) is 0 Å². The van der Waals surface area contributed by atoms with Crippen molar-refractivity contribution in [3.05, 3.63) is 11.9 Å². The molecule has 21 heavy (non-hydrogen) atoms. The lowest BCUT2D eigenvalue weighted by atomic mass is 9.74. The number of hydrazine groups is 1. The van der Waals surface area contributed by atoms with Gasteiger partial charge in [-0.05, 0) is 31.1 Å². The highest BCUT2D eigenvalue weighted by Gasteiger charge is 2.33. The first-order valence-electron chi connectivity index (χ1n) is 8.30. The van der Waals surface area contributed by atoms with Crippen LogP contribution in [0.2, 0.25) is 0 Å². The monoisotopic (exact) mass is 289 g/mol. The van der Waals surface area contributed by atoms with E-state index in [9.17, 15) is 0 Å². The Morgan fingerprint density at radius 2 is 1.90 bits per heavy atom. The Morgan fingerprint density at radius 3 is 2.43 bits per heavy atom. The highest BCUT2D eigenvalue weighted by molar-refractivity contribution is 5.49. The van der Waals surface area contributed by atoms with E-state index in [1.807, 2.05) is 6.07 Å². The molecule has 1 saturated heterocycles. The van der Waals surface area contributed by atoms with Crippen LogP contribution in [0.1, 0.15) is 64.1 Å². The van der Waals surface area contributed by atoms with Crippen molar-refractivity contribution in [1.29, 1.82) is 0 Å².